The Labute approximate surface area is 466 Å². The zero-order chi connectivity index (χ0) is 56.0. The number of anilines is 2. The summed E-state index contributed by atoms with van der Waals surface area (Å²) in [4.78, 5) is 79.2. The van der Waals surface area contributed by atoms with Crippen molar-refractivity contribution >= 4 is 57.2 Å². The first kappa shape index (κ1) is 57.0. The number of hydrogen-bond donors (Lipinski definition) is 4. The summed E-state index contributed by atoms with van der Waals surface area (Å²) in [6.07, 6.45) is 2.69. The van der Waals surface area contributed by atoms with E-state index in [-0.39, 0.29) is 62.0 Å². The zero-order valence-corrected chi connectivity index (χ0v) is 47.2. The molecule has 422 valence electrons. The van der Waals surface area contributed by atoms with Crippen molar-refractivity contribution in [2.75, 3.05) is 88.5 Å². The van der Waals surface area contributed by atoms with Gasteiger partial charge in [0, 0.05) is 88.0 Å². The molecule has 0 spiro atoms. The average Bonchev–Trinajstić information content (AvgIpc) is 4.11. The fraction of sp³-hybridized carbons (Fsp3) is 0.508. The monoisotopic (exact) mass is 1100 g/mol. The molecule has 0 bridgehead atoms. The molecule has 20 heteroatoms. The van der Waals surface area contributed by atoms with Crippen LogP contribution >= 0.6 is 11.3 Å². The summed E-state index contributed by atoms with van der Waals surface area (Å²) in [6.45, 7) is 21.2. The minimum absolute atomic E-state index is 0.0236. The second kappa shape index (κ2) is 25.2. The van der Waals surface area contributed by atoms with Crippen LogP contribution in [0, 0.1) is 12.3 Å². The molecule has 3 saturated heterocycles. The summed E-state index contributed by atoms with van der Waals surface area (Å²) >= 11 is 1.57. The summed E-state index contributed by atoms with van der Waals surface area (Å²) in [5.74, 6) is -0.303. The van der Waals surface area contributed by atoms with E-state index in [1.54, 1.807) is 17.4 Å². The molecule has 0 unspecified atom stereocenters. The number of likely N-dealkylation sites (tertiary alicyclic amines) is 2. The minimum atomic E-state index is -0.978. The SMILES string of the molecule is C=CC(=O)N1CCN(c2nc(O[C@H](C)CN3CCC(OCCOCC(=O)N[C@H](C(=O)N4C[C@H](O)C[C@H]4C(=O)N[C@@H](C)c4ccc(-c5scnc5C)cc4)C(C)(C)C)CC3)nc3c2CCN(c2cc(O)cc4ccccc24)C3)CC1. The highest BCUT2D eigenvalue weighted by atomic mass is 32.1. The number of aromatic nitrogens is 3. The number of aromatic hydroxyl groups is 1. The van der Waals surface area contributed by atoms with Crippen molar-refractivity contribution < 1.29 is 43.6 Å². The summed E-state index contributed by atoms with van der Waals surface area (Å²) in [6, 6.07) is 17.7. The number of piperazine rings is 1. The Balaban J connectivity index is 0.726. The maximum absolute atomic E-state index is 14.2. The number of aliphatic hydroxyl groups excluding tert-OH is 1. The number of thiazole rings is 1. The third-order valence-electron chi connectivity index (χ3n) is 15.5. The Bertz CT molecular complexity index is 2970. The van der Waals surface area contributed by atoms with E-state index in [0.29, 0.717) is 58.3 Å². The van der Waals surface area contributed by atoms with E-state index in [1.165, 1.54) is 11.0 Å². The fourth-order valence-electron chi connectivity index (χ4n) is 11.2. The van der Waals surface area contributed by atoms with Gasteiger partial charge in [-0.05, 0) is 74.1 Å². The number of fused-ring (bicyclic) bond motifs is 2. The van der Waals surface area contributed by atoms with E-state index in [4.69, 9.17) is 24.2 Å². The van der Waals surface area contributed by atoms with Crippen LogP contribution in [0.25, 0.3) is 21.2 Å². The Hall–Kier alpha value is -6.71. The van der Waals surface area contributed by atoms with E-state index >= 15 is 0 Å². The molecule has 2 aromatic heterocycles. The Morgan fingerprint density at radius 3 is 2.38 bits per heavy atom. The van der Waals surface area contributed by atoms with Gasteiger partial charge in [-0.15, -0.1) is 11.3 Å². The first-order valence-corrected chi connectivity index (χ1v) is 28.5. The van der Waals surface area contributed by atoms with E-state index in [9.17, 15) is 29.4 Å². The molecule has 0 saturated carbocycles. The number of ether oxygens (including phenoxy) is 3. The number of phenols is 1. The lowest BCUT2D eigenvalue weighted by Crippen LogP contribution is -2.58. The summed E-state index contributed by atoms with van der Waals surface area (Å²) in [5.41, 5.74) is 6.91. The number of amides is 4. The lowest BCUT2D eigenvalue weighted by Gasteiger charge is -2.38. The lowest BCUT2D eigenvalue weighted by molar-refractivity contribution is -0.144. The number of β-amino-alcohol motifs (C(OH)–C–C–N with tert-alkyl or cyclic N) is 1. The fourth-order valence-corrected chi connectivity index (χ4v) is 12.0. The highest BCUT2D eigenvalue weighted by Gasteiger charge is 2.45. The van der Waals surface area contributed by atoms with Crippen LogP contribution in [0.3, 0.4) is 0 Å². The molecular weight excluding hydrogens is 1020 g/mol. The summed E-state index contributed by atoms with van der Waals surface area (Å²) < 4.78 is 18.5. The van der Waals surface area contributed by atoms with Gasteiger partial charge in [-0.1, -0.05) is 75.9 Å². The lowest BCUT2D eigenvalue weighted by atomic mass is 9.85. The van der Waals surface area contributed by atoms with Crippen molar-refractivity contribution in [2.24, 2.45) is 5.41 Å². The van der Waals surface area contributed by atoms with Crippen molar-refractivity contribution in [1.82, 2.24) is 40.3 Å². The molecule has 5 atom stereocenters. The van der Waals surface area contributed by atoms with Crippen molar-refractivity contribution in [3.8, 4) is 22.2 Å². The predicted molar refractivity (Wildman–Crippen MR) is 304 cm³/mol. The minimum Gasteiger partial charge on any atom is -0.508 e. The number of aliphatic hydroxyl groups is 1. The molecule has 4 aliphatic heterocycles. The number of piperidine rings is 1. The molecule has 3 aromatic carbocycles. The number of nitrogens with zero attached hydrogens (tertiary/aromatic N) is 8. The number of phenolic OH excluding ortho intramolecular Hbond substituents is 1. The van der Waals surface area contributed by atoms with Crippen LogP contribution in [0.15, 0.2) is 78.8 Å². The van der Waals surface area contributed by atoms with Crippen LogP contribution < -0.4 is 25.2 Å². The highest BCUT2D eigenvalue weighted by molar-refractivity contribution is 7.13. The molecular formula is C59H76N10O9S. The quantitative estimate of drug-likeness (QED) is 0.0568. The standard InChI is InChI=1S/C59H76N10O9S/c1-8-52(73)66-23-25-67(26-24-66)55-47-19-22-68(49-30-43(70)29-42-11-9-10-12-46(42)49)34-48(47)62-58(64-55)78-37(2)32-65-20-17-45(18-21-65)77-28-27-76-35-51(72)63-54(59(5,6)7)57(75)69-33-44(71)31-50(69)56(74)61-38(3)40-13-15-41(16-14-40)53-39(4)60-36-79-53/h8-16,29-30,36-38,44-45,50,54,70-71H,1,17-28,31-35H2,2-7H3,(H,61,74)(H,63,72)/t37-,38+,44-,50+,54-/m1/s1. The van der Waals surface area contributed by atoms with Gasteiger partial charge >= 0.3 is 6.01 Å². The second-order valence-electron chi connectivity index (χ2n) is 22.4. The molecule has 0 aliphatic carbocycles. The van der Waals surface area contributed by atoms with Gasteiger partial charge in [0.25, 0.3) is 0 Å². The van der Waals surface area contributed by atoms with Gasteiger partial charge in [-0.2, -0.15) is 9.97 Å². The van der Waals surface area contributed by atoms with Crippen molar-refractivity contribution in [3.63, 3.8) is 0 Å². The van der Waals surface area contributed by atoms with Gasteiger partial charge in [0.05, 0.1) is 59.8 Å². The van der Waals surface area contributed by atoms with Crippen molar-refractivity contribution in [2.45, 2.75) is 110 Å². The molecule has 4 aliphatic rings. The molecule has 5 aromatic rings. The molecule has 4 N–H and O–H groups in total. The number of carbonyl (C=O) groups is 4. The number of aryl methyl sites for hydroxylation is 1. The van der Waals surface area contributed by atoms with Gasteiger partial charge < -0.3 is 54.7 Å². The molecule has 79 heavy (non-hydrogen) atoms. The van der Waals surface area contributed by atoms with Crippen molar-refractivity contribution in [3.05, 3.63) is 101 Å². The number of rotatable bonds is 19. The van der Waals surface area contributed by atoms with Gasteiger partial charge in [-0.25, -0.2) is 4.98 Å². The summed E-state index contributed by atoms with van der Waals surface area (Å²) in [5, 5.41) is 29.3. The van der Waals surface area contributed by atoms with Crippen LogP contribution in [0.2, 0.25) is 0 Å². The zero-order valence-electron chi connectivity index (χ0n) is 46.4. The van der Waals surface area contributed by atoms with E-state index in [0.717, 1.165) is 87.7 Å². The Morgan fingerprint density at radius 1 is 0.924 bits per heavy atom. The molecule has 3 fully saturated rings. The predicted octanol–water partition coefficient (Wildman–Crippen LogP) is 5.80. The van der Waals surface area contributed by atoms with Gasteiger partial charge in [0.1, 0.15) is 36.4 Å². The van der Waals surface area contributed by atoms with Gasteiger partial charge in [0.15, 0.2) is 0 Å². The highest BCUT2D eigenvalue weighted by Crippen LogP contribution is 2.37. The topological polar surface area (TPSA) is 215 Å². The molecule has 4 amide bonds. The van der Waals surface area contributed by atoms with Crippen molar-refractivity contribution in [1.29, 1.82) is 0 Å². The largest absolute Gasteiger partial charge is 0.508 e. The molecule has 19 nitrogen and oxygen atoms in total. The van der Waals surface area contributed by atoms with Crippen LogP contribution in [0.1, 0.15) is 82.4 Å². The van der Waals surface area contributed by atoms with E-state index in [1.807, 2.05) is 100 Å². The molecule has 6 heterocycles. The maximum Gasteiger partial charge on any atom is 0.318 e. The van der Waals surface area contributed by atoms with E-state index in [2.05, 4.69) is 43.0 Å². The maximum atomic E-state index is 14.2. The Morgan fingerprint density at radius 2 is 1.67 bits per heavy atom. The molecule has 9 rings (SSSR count). The normalized spacial score (nSPS) is 19.4. The third kappa shape index (κ3) is 13.8. The summed E-state index contributed by atoms with van der Waals surface area (Å²) in [7, 11) is 0. The number of benzene rings is 3. The first-order valence-electron chi connectivity index (χ1n) is 27.6. The van der Waals surface area contributed by atoms with Crippen LogP contribution in [0.5, 0.6) is 11.8 Å². The smallest absolute Gasteiger partial charge is 0.318 e. The van der Waals surface area contributed by atoms with E-state index < -0.39 is 35.4 Å². The molecule has 0 radical (unpaired) electrons. The van der Waals surface area contributed by atoms with Crippen LogP contribution in [-0.4, -0.2) is 173 Å². The first-order chi connectivity index (χ1) is 37.9. The number of hydrogen-bond acceptors (Lipinski definition) is 16. The van der Waals surface area contributed by atoms with Crippen LogP contribution in [-0.2, 0) is 41.6 Å². The second-order valence-corrected chi connectivity index (χ2v) is 23.2. The Kier molecular flexibility index (Phi) is 18.2. The third-order valence-corrected chi connectivity index (χ3v) is 16.5. The number of nitrogens with one attached hydrogen (secondary N) is 2. The van der Waals surface area contributed by atoms with Gasteiger partial charge in [-0.3, -0.25) is 24.1 Å². The number of carbonyl (C=O) groups excluding carboxylic acids is 4. The van der Waals surface area contributed by atoms with Crippen LogP contribution in [0.4, 0.5) is 11.5 Å². The van der Waals surface area contributed by atoms with Gasteiger partial charge in [0.2, 0.25) is 23.6 Å². The average molecular weight is 1100 g/mol.